The van der Waals surface area contributed by atoms with Crippen molar-refractivity contribution in [2.24, 2.45) is 0 Å². The van der Waals surface area contributed by atoms with Crippen molar-refractivity contribution in [3.8, 4) is 0 Å². The molecule has 0 fully saturated rings. The van der Waals surface area contributed by atoms with Crippen LogP contribution in [0.5, 0.6) is 0 Å². The van der Waals surface area contributed by atoms with Crippen molar-refractivity contribution in [1.82, 2.24) is 10.3 Å². The summed E-state index contributed by atoms with van der Waals surface area (Å²) in [5.74, 6) is 0.756. The molecule has 1 unspecified atom stereocenters. The molecule has 0 aliphatic heterocycles. The minimum Gasteiger partial charge on any atom is -0.398 e. The van der Waals surface area contributed by atoms with E-state index in [0.717, 1.165) is 12.0 Å². The van der Waals surface area contributed by atoms with E-state index in [1.54, 1.807) is 12.3 Å². The lowest BCUT2D eigenvalue weighted by molar-refractivity contribution is -0.121. The maximum atomic E-state index is 11.5. The quantitative estimate of drug-likeness (QED) is 0.717. The molecule has 1 heterocycles. The molecule has 1 amide bonds. The van der Waals surface area contributed by atoms with Crippen LogP contribution in [0.2, 0.25) is 0 Å². The van der Waals surface area contributed by atoms with Gasteiger partial charge in [0.25, 0.3) is 0 Å². The molecule has 0 aromatic carbocycles. The molecule has 0 aliphatic rings. The number of rotatable bonds is 6. The van der Waals surface area contributed by atoms with Gasteiger partial charge in [0, 0.05) is 37.0 Å². The second-order valence-electron chi connectivity index (χ2n) is 4.48. The lowest BCUT2D eigenvalue weighted by Gasteiger charge is -2.12. The zero-order valence-corrected chi connectivity index (χ0v) is 11.3. The molecule has 0 saturated carbocycles. The molecule has 0 spiro atoms. The Balaban J connectivity index is 2.33. The molecule has 1 rings (SSSR count). The van der Waals surface area contributed by atoms with Crippen molar-refractivity contribution in [1.29, 1.82) is 0 Å². The number of hydrogen-bond acceptors (Lipinski definition) is 4. The first kappa shape index (κ1) is 14.3. The van der Waals surface area contributed by atoms with E-state index < -0.39 is 0 Å². The summed E-state index contributed by atoms with van der Waals surface area (Å²) in [7, 11) is 0. The molecule has 1 atom stereocenters. The summed E-state index contributed by atoms with van der Waals surface area (Å²) in [6, 6.07) is 2.01. The van der Waals surface area contributed by atoms with E-state index in [2.05, 4.69) is 15.6 Å². The summed E-state index contributed by atoms with van der Waals surface area (Å²) in [5.41, 5.74) is 7.44. The number of nitrogens with one attached hydrogen (secondary N) is 2. The molecule has 100 valence electrons. The van der Waals surface area contributed by atoms with Gasteiger partial charge in [0.15, 0.2) is 0 Å². The van der Waals surface area contributed by atoms with Gasteiger partial charge < -0.3 is 16.4 Å². The Bertz CT molecular complexity index is 406. The summed E-state index contributed by atoms with van der Waals surface area (Å²) >= 11 is 0. The standard InChI is InChI=1S/C13H22N4O/c1-4-10(3)17-13(18)5-6-15-12-7-11(14)9(2)8-16-12/h7-8,10H,4-6H2,1-3H3,(H,17,18)(H3,14,15,16). The van der Waals surface area contributed by atoms with Crippen molar-refractivity contribution < 1.29 is 4.79 Å². The van der Waals surface area contributed by atoms with Crippen LogP contribution in [0.3, 0.4) is 0 Å². The molecular formula is C13H22N4O. The van der Waals surface area contributed by atoms with Crippen molar-refractivity contribution in [2.75, 3.05) is 17.6 Å². The number of aromatic nitrogens is 1. The predicted octanol–water partition coefficient (Wildman–Crippen LogP) is 1.69. The highest BCUT2D eigenvalue weighted by atomic mass is 16.1. The van der Waals surface area contributed by atoms with E-state index in [-0.39, 0.29) is 11.9 Å². The number of nitrogens with two attached hydrogens (primary N) is 1. The van der Waals surface area contributed by atoms with E-state index in [0.29, 0.717) is 24.5 Å². The summed E-state index contributed by atoms with van der Waals surface area (Å²) < 4.78 is 0. The topological polar surface area (TPSA) is 80.0 Å². The van der Waals surface area contributed by atoms with Crippen molar-refractivity contribution in [2.45, 2.75) is 39.7 Å². The average molecular weight is 250 g/mol. The van der Waals surface area contributed by atoms with E-state index in [4.69, 9.17) is 5.73 Å². The SMILES string of the molecule is CCC(C)NC(=O)CCNc1cc(N)c(C)cn1. The maximum absolute atomic E-state index is 11.5. The number of pyridine rings is 1. The first-order valence-corrected chi connectivity index (χ1v) is 6.28. The fourth-order valence-corrected chi connectivity index (χ4v) is 1.39. The number of carbonyl (C=O) groups is 1. The normalized spacial score (nSPS) is 11.9. The van der Waals surface area contributed by atoms with Crippen LogP contribution >= 0.6 is 0 Å². The van der Waals surface area contributed by atoms with E-state index in [1.165, 1.54) is 0 Å². The molecule has 5 heteroatoms. The van der Waals surface area contributed by atoms with Gasteiger partial charge in [-0.05, 0) is 25.8 Å². The van der Waals surface area contributed by atoms with E-state index in [1.807, 2.05) is 20.8 Å². The lowest BCUT2D eigenvalue weighted by atomic mass is 10.2. The van der Waals surface area contributed by atoms with Crippen LogP contribution in [0.15, 0.2) is 12.3 Å². The second kappa shape index (κ2) is 6.83. The first-order valence-electron chi connectivity index (χ1n) is 6.28. The van der Waals surface area contributed by atoms with Gasteiger partial charge in [-0.3, -0.25) is 4.79 Å². The summed E-state index contributed by atoms with van der Waals surface area (Å²) in [6.45, 7) is 6.50. The van der Waals surface area contributed by atoms with Crippen molar-refractivity contribution >= 4 is 17.4 Å². The Morgan fingerprint density at radius 3 is 2.89 bits per heavy atom. The monoisotopic (exact) mass is 250 g/mol. The molecule has 5 nitrogen and oxygen atoms in total. The van der Waals surface area contributed by atoms with Crippen molar-refractivity contribution in [3.63, 3.8) is 0 Å². The highest BCUT2D eigenvalue weighted by molar-refractivity contribution is 5.76. The second-order valence-corrected chi connectivity index (χ2v) is 4.48. The summed E-state index contributed by atoms with van der Waals surface area (Å²) in [5, 5.41) is 6.00. The van der Waals surface area contributed by atoms with E-state index >= 15 is 0 Å². The highest BCUT2D eigenvalue weighted by Gasteiger charge is 2.05. The Morgan fingerprint density at radius 1 is 1.56 bits per heavy atom. The van der Waals surface area contributed by atoms with Gasteiger partial charge in [0.2, 0.25) is 5.91 Å². The number of nitrogen functional groups attached to an aromatic ring is 1. The zero-order chi connectivity index (χ0) is 13.5. The van der Waals surface area contributed by atoms with Gasteiger partial charge in [0.1, 0.15) is 5.82 Å². The van der Waals surface area contributed by atoms with Gasteiger partial charge in [-0.25, -0.2) is 4.98 Å². The third-order valence-electron chi connectivity index (χ3n) is 2.82. The van der Waals surface area contributed by atoms with Gasteiger partial charge in [-0.1, -0.05) is 6.92 Å². The Kier molecular flexibility index (Phi) is 5.42. The zero-order valence-electron chi connectivity index (χ0n) is 11.3. The fourth-order valence-electron chi connectivity index (χ4n) is 1.39. The first-order chi connectivity index (χ1) is 8.52. The molecule has 0 bridgehead atoms. The fraction of sp³-hybridized carbons (Fsp3) is 0.538. The third kappa shape index (κ3) is 4.61. The number of hydrogen-bond donors (Lipinski definition) is 3. The Morgan fingerprint density at radius 2 is 2.28 bits per heavy atom. The van der Waals surface area contributed by atoms with Gasteiger partial charge in [0.05, 0.1) is 0 Å². The van der Waals surface area contributed by atoms with Crippen LogP contribution in [0.1, 0.15) is 32.3 Å². The smallest absolute Gasteiger partial charge is 0.221 e. The Labute approximate surface area is 108 Å². The van der Waals surface area contributed by atoms with Crippen molar-refractivity contribution in [3.05, 3.63) is 17.8 Å². The number of amides is 1. The molecular weight excluding hydrogens is 228 g/mol. The molecule has 0 saturated heterocycles. The largest absolute Gasteiger partial charge is 0.398 e. The highest BCUT2D eigenvalue weighted by Crippen LogP contribution is 2.13. The van der Waals surface area contributed by atoms with E-state index in [9.17, 15) is 4.79 Å². The van der Waals surface area contributed by atoms with Crippen LogP contribution in [0.4, 0.5) is 11.5 Å². The van der Waals surface area contributed by atoms with Gasteiger partial charge in [-0.2, -0.15) is 0 Å². The number of nitrogens with zero attached hydrogens (tertiary/aromatic N) is 1. The molecule has 1 aromatic rings. The average Bonchev–Trinajstić information content (AvgIpc) is 2.33. The summed E-state index contributed by atoms with van der Waals surface area (Å²) in [4.78, 5) is 15.7. The van der Waals surface area contributed by atoms with Crippen LogP contribution in [-0.2, 0) is 4.79 Å². The molecule has 4 N–H and O–H groups in total. The van der Waals surface area contributed by atoms with Crippen LogP contribution in [0, 0.1) is 6.92 Å². The number of anilines is 2. The molecule has 0 radical (unpaired) electrons. The predicted molar refractivity (Wildman–Crippen MR) is 74.4 cm³/mol. The van der Waals surface area contributed by atoms with Crippen LogP contribution in [-0.4, -0.2) is 23.5 Å². The van der Waals surface area contributed by atoms with Gasteiger partial charge >= 0.3 is 0 Å². The lowest BCUT2D eigenvalue weighted by Crippen LogP contribution is -2.33. The van der Waals surface area contributed by atoms with Gasteiger partial charge in [-0.15, -0.1) is 0 Å². The maximum Gasteiger partial charge on any atom is 0.221 e. The summed E-state index contributed by atoms with van der Waals surface area (Å²) in [6.07, 6.45) is 3.09. The third-order valence-corrected chi connectivity index (χ3v) is 2.82. The Hall–Kier alpha value is -1.78. The minimum atomic E-state index is 0.0527. The number of carbonyl (C=O) groups excluding carboxylic acids is 1. The minimum absolute atomic E-state index is 0.0527. The number of aryl methyl sites for hydroxylation is 1. The molecule has 1 aromatic heterocycles. The molecule has 18 heavy (non-hydrogen) atoms. The van der Waals surface area contributed by atoms with Crippen LogP contribution in [0.25, 0.3) is 0 Å². The van der Waals surface area contributed by atoms with Crippen LogP contribution < -0.4 is 16.4 Å². The molecule has 0 aliphatic carbocycles.